The van der Waals surface area contributed by atoms with E-state index in [4.69, 9.17) is 0 Å². The Morgan fingerprint density at radius 1 is 0.452 bits per heavy atom. The quantitative estimate of drug-likeness (QED) is 0.228. The van der Waals surface area contributed by atoms with E-state index < -0.39 is 0 Å². The molecule has 0 radical (unpaired) electrons. The Bertz CT molecular complexity index is 2030. The molecule has 1 aliphatic heterocycles. The summed E-state index contributed by atoms with van der Waals surface area (Å²) >= 11 is 2.01. The van der Waals surface area contributed by atoms with Crippen LogP contribution >= 0.6 is 11.8 Å². The summed E-state index contributed by atoms with van der Waals surface area (Å²) in [6, 6.07) is 52.4. The highest BCUT2D eigenvalue weighted by Crippen LogP contribution is 2.52. The summed E-state index contributed by atoms with van der Waals surface area (Å²) in [5.74, 6) is 0.347. The lowest BCUT2D eigenvalue weighted by atomic mass is 9.88. The summed E-state index contributed by atoms with van der Waals surface area (Å²) in [6.45, 7) is 0. The standard InChI is InChI=1S/C40H29NS/c1-3-10-27(11-4-1)29-18-20-30(21-19-29)36-25-35(41-34-17-9-16-31(22-34)28-12-5-2-6-13-28)26-38-37-23-32-14-7-8-15-33(32)24-39(37)42-40(36)38/h1-26,37,39,41H. The molecule has 2 atom stereocenters. The van der Waals surface area contributed by atoms with Crippen LogP contribution in [0.15, 0.2) is 150 Å². The third-order valence-electron chi connectivity index (χ3n) is 8.35. The van der Waals surface area contributed by atoms with Gasteiger partial charge in [-0.05, 0) is 73.6 Å². The topological polar surface area (TPSA) is 12.0 Å². The summed E-state index contributed by atoms with van der Waals surface area (Å²) in [7, 11) is 0. The van der Waals surface area contributed by atoms with Crippen LogP contribution in [0.1, 0.15) is 11.5 Å². The molecule has 2 unspecified atom stereocenters. The molecule has 0 saturated heterocycles. The number of fused-ring (bicyclic) bond motifs is 4. The van der Waals surface area contributed by atoms with Gasteiger partial charge in [-0.1, -0.05) is 133 Å². The van der Waals surface area contributed by atoms with Crippen LogP contribution in [0.4, 0.5) is 11.4 Å². The molecule has 0 fully saturated rings. The first kappa shape index (κ1) is 25.0. The predicted octanol–water partition coefficient (Wildman–Crippen LogP) is 9.26. The number of thioether (sulfide) groups is 1. The molecule has 0 bridgehead atoms. The molecule has 1 nitrogen and oxygen atoms in total. The number of hydrogen-bond donors (Lipinski definition) is 1. The monoisotopic (exact) mass is 555 g/mol. The molecule has 1 N–H and O–H groups in total. The van der Waals surface area contributed by atoms with Gasteiger partial charge in [0, 0.05) is 27.4 Å². The Balaban J connectivity index is 1.22. The Morgan fingerprint density at radius 2 is 1.05 bits per heavy atom. The normalized spacial score (nSPS) is 16.4. The van der Waals surface area contributed by atoms with Crippen molar-refractivity contribution < 1.29 is 0 Å². The maximum Gasteiger partial charge on any atom is 0.0394 e. The Hall–Kier alpha value is -4.79. The van der Waals surface area contributed by atoms with Gasteiger partial charge in [-0.15, -0.1) is 11.8 Å². The van der Waals surface area contributed by atoms with Gasteiger partial charge in [0.2, 0.25) is 0 Å². The van der Waals surface area contributed by atoms with E-state index in [1.165, 1.54) is 54.3 Å². The van der Waals surface area contributed by atoms with E-state index in [1.807, 2.05) is 11.8 Å². The molecule has 8 rings (SSSR count). The molecule has 200 valence electrons. The molecule has 1 heterocycles. The highest BCUT2D eigenvalue weighted by molar-refractivity contribution is 8.00. The average Bonchev–Trinajstić information content (AvgIpc) is 3.41. The van der Waals surface area contributed by atoms with Gasteiger partial charge in [-0.25, -0.2) is 0 Å². The highest BCUT2D eigenvalue weighted by atomic mass is 32.2. The van der Waals surface area contributed by atoms with Gasteiger partial charge < -0.3 is 5.32 Å². The lowest BCUT2D eigenvalue weighted by Gasteiger charge is -2.18. The third kappa shape index (κ3) is 4.64. The molecule has 6 aromatic carbocycles. The van der Waals surface area contributed by atoms with E-state index in [1.54, 1.807) is 0 Å². The van der Waals surface area contributed by atoms with Crippen molar-refractivity contribution in [1.29, 1.82) is 0 Å². The smallest absolute Gasteiger partial charge is 0.0394 e. The average molecular weight is 556 g/mol. The van der Waals surface area contributed by atoms with Crippen LogP contribution in [-0.2, 0) is 0 Å². The van der Waals surface area contributed by atoms with E-state index in [0.29, 0.717) is 11.2 Å². The molecule has 0 aromatic heterocycles. The van der Waals surface area contributed by atoms with E-state index >= 15 is 0 Å². The second-order valence-electron chi connectivity index (χ2n) is 11.0. The van der Waals surface area contributed by atoms with Gasteiger partial charge in [0.15, 0.2) is 0 Å². The number of nitrogens with one attached hydrogen (secondary N) is 1. The zero-order valence-electron chi connectivity index (χ0n) is 23.1. The van der Waals surface area contributed by atoms with E-state index in [9.17, 15) is 0 Å². The van der Waals surface area contributed by atoms with Crippen molar-refractivity contribution in [3.63, 3.8) is 0 Å². The first-order valence-electron chi connectivity index (χ1n) is 14.5. The van der Waals surface area contributed by atoms with Crippen LogP contribution in [0.25, 0.3) is 45.5 Å². The largest absolute Gasteiger partial charge is 0.355 e. The molecule has 1 aliphatic carbocycles. The third-order valence-corrected chi connectivity index (χ3v) is 9.74. The summed E-state index contributed by atoms with van der Waals surface area (Å²) in [4.78, 5) is 1.39. The van der Waals surface area contributed by atoms with Gasteiger partial charge in [-0.2, -0.15) is 0 Å². The minimum absolute atomic E-state index is 0.347. The molecule has 2 heteroatoms. The molecular formula is C40H29NS. The second-order valence-corrected chi connectivity index (χ2v) is 12.2. The molecule has 0 spiro atoms. The first-order chi connectivity index (χ1) is 20.8. The fourth-order valence-corrected chi connectivity index (χ4v) is 7.75. The second kappa shape index (κ2) is 10.6. The SMILES string of the molecule is C1=c2ccccc2=CC2c3cc(Nc4cccc(-c5ccccc5)c4)cc(-c4ccc(-c5ccccc5)cc4)c3SC12. The fourth-order valence-electron chi connectivity index (χ4n) is 6.26. The lowest BCUT2D eigenvalue weighted by molar-refractivity contribution is 0.947. The van der Waals surface area contributed by atoms with Crippen molar-refractivity contribution in [1.82, 2.24) is 0 Å². The number of benzene rings is 6. The van der Waals surface area contributed by atoms with Crippen LogP contribution in [0.5, 0.6) is 0 Å². The summed E-state index contributed by atoms with van der Waals surface area (Å²) in [6.07, 6.45) is 4.93. The van der Waals surface area contributed by atoms with E-state index in [-0.39, 0.29) is 0 Å². The van der Waals surface area contributed by atoms with Crippen molar-refractivity contribution in [3.8, 4) is 33.4 Å². The van der Waals surface area contributed by atoms with Gasteiger partial charge in [-0.3, -0.25) is 0 Å². The first-order valence-corrected chi connectivity index (χ1v) is 15.4. The zero-order chi connectivity index (χ0) is 27.9. The highest BCUT2D eigenvalue weighted by Gasteiger charge is 2.34. The van der Waals surface area contributed by atoms with Gasteiger partial charge in [0.25, 0.3) is 0 Å². The van der Waals surface area contributed by atoms with Crippen molar-refractivity contribution >= 4 is 35.3 Å². The van der Waals surface area contributed by atoms with Crippen LogP contribution in [0, 0.1) is 0 Å². The molecule has 0 amide bonds. The summed E-state index contributed by atoms with van der Waals surface area (Å²) in [5, 5.41) is 6.84. The predicted molar refractivity (Wildman–Crippen MR) is 179 cm³/mol. The van der Waals surface area contributed by atoms with Crippen molar-refractivity contribution in [3.05, 3.63) is 162 Å². The molecule has 2 aliphatic rings. The number of rotatable bonds is 5. The minimum Gasteiger partial charge on any atom is -0.355 e. The molecule has 6 aromatic rings. The van der Waals surface area contributed by atoms with Crippen molar-refractivity contribution in [2.75, 3.05) is 5.32 Å². The number of hydrogen-bond acceptors (Lipinski definition) is 2. The van der Waals surface area contributed by atoms with Crippen LogP contribution in [0.2, 0.25) is 0 Å². The maximum atomic E-state index is 3.77. The van der Waals surface area contributed by atoms with Crippen LogP contribution < -0.4 is 15.8 Å². The van der Waals surface area contributed by atoms with E-state index in [0.717, 1.165) is 11.4 Å². The van der Waals surface area contributed by atoms with Gasteiger partial charge in [0.05, 0.1) is 0 Å². The maximum absolute atomic E-state index is 3.77. The van der Waals surface area contributed by atoms with Gasteiger partial charge >= 0.3 is 0 Å². The van der Waals surface area contributed by atoms with E-state index in [2.05, 4.69) is 163 Å². The van der Waals surface area contributed by atoms with Gasteiger partial charge in [0.1, 0.15) is 0 Å². The Morgan fingerprint density at radius 3 is 1.79 bits per heavy atom. The fraction of sp³-hybridized carbons (Fsp3) is 0.0500. The Kier molecular flexibility index (Phi) is 6.27. The van der Waals surface area contributed by atoms with Crippen LogP contribution in [-0.4, -0.2) is 5.25 Å². The van der Waals surface area contributed by atoms with Crippen molar-refractivity contribution in [2.45, 2.75) is 16.1 Å². The molecule has 42 heavy (non-hydrogen) atoms. The summed E-state index contributed by atoms with van der Waals surface area (Å²) < 4.78 is 0. The summed E-state index contributed by atoms with van der Waals surface area (Å²) in [5.41, 5.74) is 11.1. The number of anilines is 2. The molecular weight excluding hydrogens is 527 g/mol. The Labute approximate surface area is 250 Å². The molecule has 0 saturated carbocycles. The zero-order valence-corrected chi connectivity index (χ0v) is 23.9. The lowest BCUT2D eigenvalue weighted by Crippen LogP contribution is -2.31. The van der Waals surface area contributed by atoms with Crippen molar-refractivity contribution in [2.24, 2.45) is 0 Å². The minimum atomic E-state index is 0.347. The van der Waals surface area contributed by atoms with Crippen LogP contribution in [0.3, 0.4) is 0 Å².